The Hall–Kier alpha value is -3.20. The van der Waals surface area contributed by atoms with Gasteiger partial charge in [-0.2, -0.15) is 0 Å². The molecule has 2 aromatic heterocycles. The monoisotopic (exact) mass is 435 g/mol. The highest BCUT2D eigenvalue weighted by molar-refractivity contribution is 6.03. The van der Waals surface area contributed by atoms with Gasteiger partial charge in [0.05, 0.1) is 11.3 Å². The van der Waals surface area contributed by atoms with E-state index in [9.17, 15) is 9.59 Å². The molecule has 0 radical (unpaired) electrons. The second-order valence-corrected chi connectivity index (χ2v) is 8.58. The fraction of sp³-hybridized carbons (Fsp3) is 0.478. The summed E-state index contributed by atoms with van der Waals surface area (Å²) < 4.78 is 0. The first-order valence-corrected chi connectivity index (χ1v) is 11.4. The first-order valence-electron chi connectivity index (χ1n) is 11.4. The summed E-state index contributed by atoms with van der Waals surface area (Å²) in [5.41, 5.74) is 2.53. The highest BCUT2D eigenvalue weighted by Gasteiger charge is 2.37. The third-order valence-corrected chi connectivity index (χ3v) is 6.46. The Kier molecular flexibility index (Phi) is 5.65. The van der Waals surface area contributed by atoms with Crippen LogP contribution in [0.5, 0.6) is 0 Å². The van der Waals surface area contributed by atoms with E-state index in [0.29, 0.717) is 12.1 Å². The van der Waals surface area contributed by atoms with Gasteiger partial charge in [0, 0.05) is 58.2 Å². The van der Waals surface area contributed by atoms with E-state index in [-0.39, 0.29) is 17.9 Å². The van der Waals surface area contributed by atoms with Crippen LogP contribution in [-0.4, -0.2) is 72.0 Å². The first kappa shape index (κ1) is 20.7. The number of pyridine rings is 2. The fourth-order valence-electron chi connectivity index (χ4n) is 4.78. The van der Waals surface area contributed by atoms with Crippen molar-refractivity contribution in [3.63, 3.8) is 0 Å². The molecule has 0 spiro atoms. The van der Waals surface area contributed by atoms with Crippen LogP contribution in [0.1, 0.15) is 35.7 Å². The zero-order valence-electron chi connectivity index (χ0n) is 18.4. The zero-order chi connectivity index (χ0) is 22.1. The van der Waals surface area contributed by atoms with Gasteiger partial charge in [0.1, 0.15) is 11.9 Å². The normalized spacial score (nSPS) is 20.5. The molecule has 1 unspecified atom stereocenters. The summed E-state index contributed by atoms with van der Waals surface area (Å²) in [4.78, 5) is 40.2. The van der Waals surface area contributed by atoms with E-state index in [0.717, 1.165) is 75.0 Å². The predicted octanol–water partition coefficient (Wildman–Crippen LogP) is 1.47. The van der Waals surface area contributed by atoms with Crippen LogP contribution in [-0.2, 0) is 11.3 Å². The number of fused-ring (bicyclic) bond motifs is 3. The molecule has 2 saturated heterocycles. The maximum atomic E-state index is 12.4. The maximum absolute atomic E-state index is 12.4. The van der Waals surface area contributed by atoms with Gasteiger partial charge < -0.3 is 20.4 Å². The van der Waals surface area contributed by atoms with Crippen molar-refractivity contribution in [2.45, 2.75) is 32.4 Å². The van der Waals surface area contributed by atoms with Gasteiger partial charge in [-0.1, -0.05) is 0 Å². The van der Waals surface area contributed by atoms with E-state index < -0.39 is 0 Å². The fourth-order valence-corrected chi connectivity index (χ4v) is 4.78. The number of hydrogen-bond donors (Lipinski definition) is 2. The molecule has 0 saturated carbocycles. The largest absolute Gasteiger partial charge is 0.354 e. The molecule has 5 heterocycles. The van der Waals surface area contributed by atoms with Crippen molar-refractivity contribution in [1.29, 1.82) is 0 Å². The second kappa shape index (κ2) is 8.74. The summed E-state index contributed by atoms with van der Waals surface area (Å²) >= 11 is 0. The molecule has 3 aliphatic heterocycles. The van der Waals surface area contributed by atoms with Gasteiger partial charge >= 0.3 is 0 Å². The molecular formula is C23H29N7O2. The summed E-state index contributed by atoms with van der Waals surface area (Å²) in [5, 5.41) is 5.84. The van der Waals surface area contributed by atoms with Gasteiger partial charge in [-0.3, -0.25) is 14.5 Å². The van der Waals surface area contributed by atoms with E-state index in [2.05, 4.69) is 36.4 Å². The first-order chi connectivity index (χ1) is 15.6. The molecule has 9 nitrogen and oxygen atoms in total. The lowest BCUT2D eigenvalue weighted by molar-refractivity contribution is -0.117. The average Bonchev–Trinajstić information content (AvgIpc) is 3.31. The molecule has 0 bridgehead atoms. The van der Waals surface area contributed by atoms with Gasteiger partial charge in [0.15, 0.2) is 5.82 Å². The number of amides is 2. The van der Waals surface area contributed by atoms with Crippen LogP contribution in [0.3, 0.4) is 0 Å². The van der Waals surface area contributed by atoms with Crippen molar-refractivity contribution in [3.05, 3.63) is 41.7 Å². The molecule has 32 heavy (non-hydrogen) atoms. The van der Waals surface area contributed by atoms with Crippen LogP contribution in [0.2, 0.25) is 0 Å². The predicted molar refractivity (Wildman–Crippen MR) is 123 cm³/mol. The Labute approximate surface area is 187 Å². The number of rotatable bonds is 5. The van der Waals surface area contributed by atoms with Crippen molar-refractivity contribution in [1.82, 2.24) is 20.2 Å². The van der Waals surface area contributed by atoms with Gasteiger partial charge in [-0.05, 0) is 43.5 Å². The summed E-state index contributed by atoms with van der Waals surface area (Å²) in [6.07, 6.45) is 5.53. The number of hydrogen-bond acceptors (Lipinski definition) is 7. The van der Waals surface area contributed by atoms with Gasteiger partial charge in [0.25, 0.3) is 5.91 Å². The third kappa shape index (κ3) is 4.00. The lowest BCUT2D eigenvalue weighted by Crippen LogP contribution is -2.46. The van der Waals surface area contributed by atoms with Crippen LogP contribution in [0, 0.1) is 0 Å². The van der Waals surface area contributed by atoms with Crippen LogP contribution in [0.4, 0.5) is 17.3 Å². The van der Waals surface area contributed by atoms with Crippen LogP contribution < -0.4 is 20.4 Å². The Morgan fingerprint density at radius 2 is 2.00 bits per heavy atom. The van der Waals surface area contributed by atoms with Crippen molar-refractivity contribution in [2.24, 2.45) is 0 Å². The highest BCUT2D eigenvalue weighted by Crippen LogP contribution is 2.35. The van der Waals surface area contributed by atoms with E-state index in [4.69, 9.17) is 4.98 Å². The Morgan fingerprint density at radius 1 is 1.16 bits per heavy atom. The third-order valence-electron chi connectivity index (χ3n) is 6.46. The molecule has 168 valence electrons. The van der Waals surface area contributed by atoms with Gasteiger partial charge in [0.2, 0.25) is 5.91 Å². The smallest absolute Gasteiger partial charge is 0.252 e. The molecule has 3 aliphatic rings. The number of carbonyl (C=O) groups excluding carboxylic acids is 2. The molecule has 0 aromatic carbocycles. The molecule has 2 aromatic rings. The number of anilines is 3. The molecule has 5 rings (SSSR count). The van der Waals surface area contributed by atoms with Crippen molar-refractivity contribution >= 4 is 29.1 Å². The van der Waals surface area contributed by atoms with E-state index in [1.54, 1.807) is 6.20 Å². The summed E-state index contributed by atoms with van der Waals surface area (Å²) in [6.45, 7) is 7.78. The van der Waals surface area contributed by atoms with Crippen molar-refractivity contribution in [2.75, 3.05) is 54.4 Å². The van der Waals surface area contributed by atoms with E-state index in [1.807, 2.05) is 25.3 Å². The number of aromatic nitrogens is 2. The number of piperazine rings is 1. The maximum Gasteiger partial charge on any atom is 0.252 e. The lowest BCUT2D eigenvalue weighted by atomic mass is 10.1. The van der Waals surface area contributed by atoms with Gasteiger partial charge in [-0.15, -0.1) is 0 Å². The Bertz CT molecular complexity index is 1000. The molecule has 0 aliphatic carbocycles. The SMILES string of the molecule is CCNC(=O)c1ccc(N2CCN(Cc3cnc4c(c3)NC(=O)C3CCCN43)CC2)nc1. The molecule has 2 N–H and O–H groups in total. The molecule has 2 amide bonds. The van der Waals surface area contributed by atoms with Crippen molar-refractivity contribution < 1.29 is 9.59 Å². The number of nitrogens with zero attached hydrogens (tertiary/aromatic N) is 5. The molecular weight excluding hydrogens is 406 g/mol. The average molecular weight is 436 g/mol. The van der Waals surface area contributed by atoms with E-state index in [1.165, 1.54) is 0 Å². The summed E-state index contributed by atoms with van der Waals surface area (Å²) in [7, 11) is 0. The second-order valence-electron chi connectivity index (χ2n) is 8.58. The quantitative estimate of drug-likeness (QED) is 0.735. The highest BCUT2D eigenvalue weighted by atomic mass is 16.2. The zero-order valence-corrected chi connectivity index (χ0v) is 18.4. The lowest BCUT2D eigenvalue weighted by Gasteiger charge is -2.36. The standard InChI is InChI=1S/C23H29N7O2/c1-2-24-22(31)17-5-6-20(25-14-17)29-10-8-28(9-11-29)15-16-12-18-21(26-13-16)30-7-3-4-19(30)23(32)27-18/h5-6,12-14,19H,2-4,7-11,15H2,1H3,(H,24,31)(H,27,32). The summed E-state index contributed by atoms with van der Waals surface area (Å²) in [5.74, 6) is 1.80. The van der Waals surface area contributed by atoms with Crippen LogP contribution in [0.25, 0.3) is 0 Å². The van der Waals surface area contributed by atoms with Crippen LogP contribution in [0.15, 0.2) is 30.6 Å². The number of carbonyl (C=O) groups is 2. The minimum Gasteiger partial charge on any atom is -0.354 e. The Balaban J connectivity index is 1.18. The minimum atomic E-state index is -0.0912. The molecule has 2 fully saturated rings. The van der Waals surface area contributed by atoms with Gasteiger partial charge in [-0.25, -0.2) is 9.97 Å². The minimum absolute atomic E-state index is 0.0577. The van der Waals surface area contributed by atoms with Crippen LogP contribution >= 0.6 is 0 Å². The topological polar surface area (TPSA) is 93.7 Å². The Morgan fingerprint density at radius 3 is 2.75 bits per heavy atom. The summed E-state index contributed by atoms with van der Waals surface area (Å²) in [6, 6.07) is 5.76. The van der Waals surface area contributed by atoms with Crippen molar-refractivity contribution in [3.8, 4) is 0 Å². The molecule has 9 heteroatoms. The van der Waals surface area contributed by atoms with E-state index >= 15 is 0 Å². The molecule has 1 atom stereocenters. The number of nitrogens with one attached hydrogen (secondary N) is 2.